The van der Waals surface area contributed by atoms with Gasteiger partial charge in [-0.1, -0.05) is 0 Å². The van der Waals surface area contributed by atoms with Crippen molar-refractivity contribution in [1.82, 2.24) is 4.90 Å². The zero-order valence-corrected chi connectivity index (χ0v) is 12.2. The van der Waals surface area contributed by atoms with E-state index in [1.807, 2.05) is 25.7 Å². The molecule has 2 bridgehead atoms. The number of ether oxygens (including phenoxy) is 2. The molecule has 0 aromatic rings. The number of hydrogen-bond donors (Lipinski definition) is 0. The van der Waals surface area contributed by atoms with Crippen LogP contribution in [0.3, 0.4) is 0 Å². The van der Waals surface area contributed by atoms with Gasteiger partial charge in [0, 0.05) is 5.41 Å². The second kappa shape index (κ2) is 4.72. The number of piperidine rings is 1. The predicted octanol–water partition coefficient (Wildman–Crippen LogP) is 2.42. The maximum absolute atomic E-state index is 12.3. The molecular formula is C15H23NO3. The Kier molecular flexibility index (Phi) is 3.53. The maximum atomic E-state index is 12.3. The molecule has 106 valence electrons. The Labute approximate surface area is 115 Å². The molecule has 2 rings (SSSR count). The minimum atomic E-state index is -0.473. The van der Waals surface area contributed by atoms with Crippen LogP contribution in [0.1, 0.15) is 40.5 Å². The number of morpholine rings is 1. The molecule has 2 fully saturated rings. The Hall–Kier alpha value is -1.21. The Morgan fingerprint density at radius 3 is 2.32 bits per heavy atom. The van der Waals surface area contributed by atoms with E-state index in [0.29, 0.717) is 13.2 Å². The average molecular weight is 265 g/mol. The highest BCUT2D eigenvalue weighted by Crippen LogP contribution is 2.40. The first-order valence-corrected chi connectivity index (χ1v) is 6.81. The Bertz CT molecular complexity index is 391. The van der Waals surface area contributed by atoms with Crippen LogP contribution in [-0.2, 0) is 9.47 Å². The lowest BCUT2D eigenvalue weighted by Gasteiger charge is -2.50. The fourth-order valence-corrected chi connectivity index (χ4v) is 2.97. The number of rotatable bonds is 0. The van der Waals surface area contributed by atoms with E-state index in [1.54, 1.807) is 0 Å². The first-order chi connectivity index (χ1) is 8.74. The van der Waals surface area contributed by atoms with Gasteiger partial charge in [0.25, 0.3) is 0 Å². The van der Waals surface area contributed by atoms with Crippen LogP contribution in [0.4, 0.5) is 4.79 Å². The lowest BCUT2D eigenvalue weighted by atomic mass is 9.74. The van der Waals surface area contributed by atoms with Gasteiger partial charge < -0.3 is 9.47 Å². The number of terminal acetylenes is 1. The van der Waals surface area contributed by atoms with E-state index < -0.39 is 5.60 Å². The third-order valence-electron chi connectivity index (χ3n) is 3.73. The van der Waals surface area contributed by atoms with Crippen LogP contribution in [0, 0.1) is 17.8 Å². The SMILES string of the molecule is C#CC1(C)C[C@H]2COC[C@@H](C1)N2C(=O)OC(C)(C)C. The molecular weight excluding hydrogens is 242 g/mol. The molecule has 0 N–H and O–H groups in total. The number of hydrogen-bond acceptors (Lipinski definition) is 3. The average Bonchev–Trinajstić information content (AvgIpc) is 2.25. The number of nitrogens with zero attached hydrogens (tertiary/aromatic N) is 1. The van der Waals surface area contributed by atoms with Gasteiger partial charge in [-0.3, -0.25) is 4.90 Å². The van der Waals surface area contributed by atoms with Gasteiger partial charge >= 0.3 is 6.09 Å². The highest BCUT2D eigenvalue weighted by Gasteiger charge is 2.47. The van der Waals surface area contributed by atoms with Gasteiger partial charge in [0.1, 0.15) is 5.60 Å². The second-order valence-electron chi connectivity index (χ2n) is 6.85. The molecule has 2 aliphatic heterocycles. The minimum absolute atomic E-state index is 0.0309. The van der Waals surface area contributed by atoms with E-state index in [9.17, 15) is 4.79 Å². The standard InChI is InChI=1S/C15H23NO3/c1-6-15(5)7-11-9-18-10-12(8-15)16(11)13(17)19-14(2,3)4/h1,11-12H,7-10H2,2-5H3/t11-,12+,15?. The minimum Gasteiger partial charge on any atom is -0.444 e. The zero-order chi connectivity index (χ0) is 14.3. The van der Waals surface area contributed by atoms with Crippen molar-refractivity contribution in [1.29, 1.82) is 0 Å². The molecule has 0 aromatic heterocycles. The monoisotopic (exact) mass is 265 g/mol. The van der Waals surface area contributed by atoms with Crippen molar-refractivity contribution in [3.05, 3.63) is 0 Å². The molecule has 2 heterocycles. The molecule has 0 saturated carbocycles. The second-order valence-corrected chi connectivity index (χ2v) is 6.85. The molecule has 1 unspecified atom stereocenters. The summed E-state index contributed by atoms with van der Waals surface area (Å²) in [6, 6.07) is 0.0619. The van der Waals surface area contributed by atoms with Gasteiger partial charge in [0.15, 0.2) is 0 Å². The Balaban J connectivity index is 2.15. The first-order valence-electron chi connectivity index (χ1n) is 6.81. The summed E-state index contributed by atoms with van der Waals surface area (Å²) in [5.74, 6) is 2.88. The van der Waals surface area contributed by atoms with Gasteiger partial charge in [-0.15, -0.1) is 12.3 Å². The predicted molar refractivity (Wildman–Crippen MR) is 72.6 cm³/mol. The number of amides is 1. The summed E-state index contributed by atoms with van der Waals surface area (Å²) in [6.07, 6.45) is 6.95. The molecule has 0 aromatic carbocycles. The van der Waals surface area contributed by atoms with Crippen molar-refractivity contribution >= 4 is 6.09 Å². The third kappa shape index (κ3) is 3.03. The van der Waals surface area contributed by atoms with Gasteiger partial charge in [-0.05, 0) is 40.5 Å². The third-order valence-corrected chi connectivity index (χ3v) is 3.73. The highest BCUT2D eigenvalue weighted by molar-refractivity contribution is 5.69. The molecule has 0 radical (unpaired) electrons. The number of fused-ring (bicyclic) bond motifs is 2. The van der Waals surface area contributed by atoms with Gasteiger partial charge in [0.05, 0.1) is 25.3 Å². The van der Waals surface area contributed by atoms with E-state index in [4.69, 9.17) is 15.9 Å². The quantitative estimate of drug-likeness (QED) is 0.631. The van der Waals surface area contributed by atoms with Crippen LogP contribution in [0.15, 0.2) is 0 Å². The summed E-state index contributed by atoms with van der Waals surface area (Å²) in [7, 11) is 0. The van der Waals surface area contributed by atoms with Gasteiger partial charge in [-0.2, -0.15) is 0 Å². The summed E-state index contributed by atoms with van der Waals surface area (Å²) in [6.45, 7) is 8.83. The van der Waals surface area contributed by atoms with Crippen LogP contribution in [0.2, 0.25) is 0 Å². The molecule has 0 aliphatic carbocycles. The zero-order valence-electron chi connectivity index (χ0n) is 12.2. The van der Waals surface area contributed by atoms with Crippen molar-refractivity contribution in [3.63, 3.8) is 0 Å². The van der Waals surface area contributed by atoms with Gasteiger partial charge in [-0.25, -0.2) is 4.79 Å². The van der Waals surface area contributed by atoms with Crippen LogP contribution in [0.5, 0.6) is 0 Å². The molecule has 2 saturated heterocycles. The highest BCUT2D eigenvalue weighted by atomic mass is 16.6. The molecule has 19 heavy (non-hydrogen) atoms. The summed E-state index contributed by atoms with van der Waals surface area (Å²) < 4.78 is 11.1. The largest absolute Gasteiger partial charge is 0.444 e. The van der Waals surface area contributed by atoms with E-state index in [2.05, 4.69) is 12.8 Å². The molecule has 0 spiro atoms. The van der Waals surface area contributed by atoms with E-state index in [1.165, 1.54) is 0 Å². The van der Waals surface area contributed by atoms with Crippen LogP contribution < -0.4 is 0 Å². The van der Waals surface area contributed by atoms with Crippen molar-refractivity contribution in [2.45, 2.75) is 58.2 Å². The van der Waals surface area contributed by atoms with Crippen LogP contribution in [0.25, 0.3) is 0 Å². The molecule has 4 heteroatoms. The maximum Gasteiger partial charge on any atom is 0.410 e. The summed E-state index contributed by atoms with van der Waals surface area (Å²) in [4.78, 5) is 14.2. The number of carbonyl (C=O) groups is 1. The molecule has 4 nitrogen and oxygen atoms in total. The van der Waals surface area contributed by atoms with E-state index in [-0.39, 0.29) is 23.6 Å². The Morgan fingerprint density at radius 1 is 1.37 bits per heavy atom. The summed E-state index contributed by atoms with van der Waals surface area (Å²) >= 11 is 0. The summed E-state index contributed by atoms with van der Waals surface area (Å²) in [5, 5.41) is 0. The lowest BCUT2D eigenvalue weighted by molar-refractivity contribution is -0.0966. The molecule has 3 atom stereocenters. The lowest BCUT2D eigenvalue weighted by Crippen LogP contribution is -2.61. The van der Waals surface area contributed by atoms with Crippen molar-refractivity contribution in [2.24, 2.45) is 5.41 Å². The number of carbonyl (C=O) groups excluding carboxylic acids is 1. The summed E-state index contributed by atoms with van der Waals surface area (Å²) in [5.41, 5.74) is -0.614. The fraction of sp³-hybridized carbons (Fsp3) is 0.800. The normalized spacial score (nSPS) is 34.6. The fourth-order valence-electron chi connectivity index (χ4n) is 2.97. The van der Waals surface area contributed by atoms with Gasteiger partial charge in [0.2, 0.25) is 0 Å². The molecule has 1 amide bonds. The topological polar surface area (TPSA) is 38.8 Å². The molecule has 2 aliphatic rings. The smallest absolute Gasteiger partial charge is 0.410 e. The van der Waals surface area contributed by atoms with Crippen LogP contribution in [-0.4, -0.2) is 41.9 Å². The van der Waals surface area contributed by atoms with Crippen LogP contribution >= 0.6 is 0 Å². The van der Waals surface area contributed by atoms with Crippen molar-refractivity contribution in [2.75, 3.05) is 13.2 Å². The van der Waals surface area contributed by atoms with E-state index in [0.717, 1.165) is 12.8 Å². The first kappa shape index (κ1) is 14.2. The Morgan fingerprint density at radius 2 is 1.89 bits per heavy atom. The van der Waals surface area contributed by atoms with Crippen molar-refractivity contribution in [3.8, 4) is 12.3 Å². The van der Waals surface area contributed by atoms with Crippen molar-refractivity contribution < 1.29 is 14.3 Å². The van der Waals surface area contributed by atoms with E-state index >= 15 is 0 Å².